The molecule has 1 saturated heterocycles. The summed E-state index contributed by atoms with van der Waals surface area (Å²) in [6, 6.07) is 20.3. The van der Waals surface area contributed by atoms with Crippen molar-refractivity contribution in [1.29, 1.82) is 0 Å². The molecular weight excluding hydrogens is 394 g/mol. The summed E-state index contributed by atoms with van der Waals surface area (Å²) in [6.07, 6.45) is 10.2. The van der Waals surface area contributed by atoms with Crippen molar-refractivity contribution in [3.8, 4) is 0 Å². The highest BCUT2D eigenvalue weighted by molar-refractivity contribution is 5.91. The third kappa shape index (κ3) is 5.99. The van der Waals surface area contributed by atoms with Gasteiger partial charge in [-0.3, -0.25) is 4.79 Å². The summed E-state index contributed by atoms with van der Waals surface area (Å²) < 4.78 is 0. The number of nitrogens with one attached hydrogen (secondary N) is 1. The number of primary amides is 1. The maximum absolute atomic E-state index is 13.1. The van der Waals surface area contributed by atoms with Crippen LogP contribution in [0, 0.1) is 5.92 Å². The molecule has 0 spiro atoms. The van der Waals surface area contributed by atoms with Crippen molar-refractivity contribution in [1.82, 2.24) is 10.2 Å². The number of likely N-dealkylation sites (tertiary alicyclic amines) is 1. The Kier molecular flexibility index (Phi) is 9.76. The van der Waals surface area contributed by atoms with E-state index in [0.29, 0.717) is 0 Å². The molecule has 0 unspecified atom stereocenters. The summed E-state index contributed by atoms with van der Waals surface area (Å²) in [4.78, 5) is 15.7. The van der Waals surface area contributed by atoms with Gasteiger partial charge in [0, 0.05) is 6.54 Å². The van der Waals surface area contributed by atoms with E-state index in [1.807, 2.05) is 43.4 Å². The van der Waals surface area contributed by atoms with E-state index < -0.39 is 5.41 Å². The lowest BCUT2D eigenvalue weighted by atomic mass is 9.64. The molecule has 3 rings (SSSR count). The van der Waals surface area contributed by atoms with Crippen molar-refractivity contribution in [2.24, 2.45) is 11.7 Å². The van der Waals surface area contributed by atoms with Gasteiger partial charge in [0.1, 0.15) is 5.41 Å². The maximum Gasteiger partial charge on any atom is 0.232 e. The van der Waals surface area contributed by atoms with Crippen LogP contribution in [-0.4, -0.2) is 44.0 Å². The highest BCUT2D eigenvalue weighted by atomic mass is 16.1. The van der Waals surface area contributed by atoms with Crippen LogP contribution in [0.4, 0.5) is 0 Å². The van der Waals surface area contributed by atoms with E-state index in [2.05, 4.69) is 34.5 Å². The molecule has 32 heavy (non-hydrogen) atoms. The molecule has 1 atom stereocenters. The molecule has 1 amide bonds. The average molecular weight is 436 g/mol. The first kappa shape index (κ1) is 24.5. The Balaban J connectivity index is 1.59. The van der Waals surface area contributed by atoms with Crippen LogP contribution in [0.2, 0.25) is 0 Å². The van der Waals surface area contributed by atoms with E-state index in [4.69, 9.17) is 5.73 Å². The van der Waals surface area contributed by atoms with Crippen molar-refractivity contribution in [3.63, 3.8) is 0 Å². The van der Waals surface area contributed by atoms with Gasteiger partial charge in [-0.15, -0.1) is 0 Å². The fourth-order valence-corrected chi connectivity index (χ4v) is 5.44. The van der Waals surface area contributed by atoms with Crippen molar-refractivity contribution >= 4 is 5.91 Å². The lowest BCUT2D eigenvalue weighted by molar-refractivity contribution is -0.123. The summed E-state index contributed by atoms with van der Waals surface area (Å²) in [5, 5.41) is 3.22. The van der Waals surface area contributed by atoms with E-state index >= 15 is 0 Å². The average Bonchev–Trinajstić information content (AvgIpc) is 3.29. The first-order valence-electron chi connectivity index (χ1n) is 12.5. The molecule has 1 aliphatic heterocycles. The van der Waals surface area contributed by atoms with Crippen LogP contribution < -0.4 is 11.1 Å². The van der Waals surface area contributed by atoms with Gasteiger partial charge in [-0.2, -0.15) is 0 Å². The summed E-state index contributed by atoms with van der Waals surface area (Å²) in [6.45, 7) is 4.23. The topological polar surface area (TPSA) is 58.4 Å². The number of nitrogens with two attached hydrogens (primary N) is 1. The van der Waals surface area contributed by atoms with Crippen LogP contribution in [0.5, 0.6) is 0 Å². The highest BCUT2D eigenvalue weighted by Crippen LogP contribution is 2.43. The number of unbranched alkanes of at least 4 members (excludes halogenated alkanes) is 6. The standard InChI is InChI=1S/C28H41N3O/c1-30-20-13-5-3-2-4-6-14-21-31-22-19-26(23-31)28(27(29)32,24-15-9-7-10-16-24)25-17-11-8-12-18-25/h7-12,15-18,26,30H,2-6,13-14,19-23H2,1H3,(H2,29,32)/t26-/m0/s1. The third-order valence-corrected chi connectivity index (χ3v) is 7.13. The molecule has 2 aromatic rings. The summed E-state index contributed by atoms with van der Waals surface area (Å²) >= 11 is 0. The van der Waals surface area contributed by atoms with Crippen molar-refractivity contribution in [2.45, 2.75) is 56.8 Å². The van der Waals surface area contributed by atoms with Crippen LogP contribution in [0.15, 0.2) is 60.7 Å². The largest absolute Gasteiger partial charge is 0.369 e. The minimum absolute atomic E-state index is 0.192. The van der Waals surface area contributed by atoms with Crippen LogP contribution >= 0.6 is 0 Å². The van der Waals surface area contributed by atoms with Gasteiger partial charge in [0.05, 0.1) is 0 Å². The molecule has 1 heterocycles. The zero-order valence-electron chi connectivity index (χ0n) is 19.8. The fourth-order valence-electron chi connectivity index (χ4n) is 5.44. The molecule has 1 fully saturated rings. The Labute approximate surface area is 194 Å². The molecule has 2 aromatic carbocycles. The maximum atomic E-state index is 13.1. The normalized spacial score (nSPS) is 17.0. The lowest BCUT2D eigenvalue weighted by Crippen LogP contribution is -2.49. The molecule has 0 bridgehead atoms. The summed E-state index contributed by atoms with van der Waals surface area (Å²) in [7, 11) is 2.02. The van der Waals surface area contributed by atoms with Crippen LogP contribution in [-0.2, 0) is 10.2 Å². The number of hydrogen-bond acceptors (Lipinski definition) is 3. The van der Waals surface area contributed by atoms with Crippen LogP contribution in [0.25, 0.3) is 0 Å². The minimum atomic E-state index is -0.773. The Morgan fingerprint density at radius 2 is 1.44 bits per heavy atom. The SMILES string of the molecule is CNCCCCCCCCCN1CC[C@H](C(C(N)=O)(c2ccccc2)c2ccccc2)C1. The minimum Gasteiger partial charge on any atom is -0.369 e. The van der Waals surface area contributed by atoms with E-state index in [1.54, 1.807) is 0 Å². The fraction of sp³-hybridized carbons (Fsp3) is 0.536. The van der Waals surface area contributed by atoms with Crippen LogP contribution in [0.1, 0.15) is 62.5 Å². The predicted octanol–water partition coefficient (Wildman–Crippen LogP) is 4.73. The quantitative estimate of drug-likeness (QED) is 0.422. The number of hydrogen-bond donors (Lipinski definition) is 2. The molecule has 4 heteroatoms. The Morgan fingerprint density at radius 1 is 0.906 bits per heavy atom. The van der Waals surface area contributed by atoms with Crippen molar-refractivity contribution < 1.29 is 4.79 Å². The van der Waals surface area contributed by atoms with E-state index in [9.17, 15) is 4.79 Å². The Morgan fingerprint density at radius 3 is 1.97 bits per heavy atom. The highest BCUT2D eigenvalue weighted by Gasteiger charge is 2.49. The van der Waals surface area contributed by atoms with Gasteiger partial charge in [-0.25, -0.2) is 0 Å². The van der Waals surface area contributed by atoms with E-state index in [-0.39, 0.29) is 11.8 Å². The summed E-state index contributed by atoms with van der Waals surface area (Å²) in [5.74, 6) is -0.0444. The van der Waals surface area contributed by atoms with E-state index in [1.165, 1.54) is 44.9 Å². The molecule has 1 aliphatic rings. The second-order valence-corrected chi connectivity index (χ2v) is 9.27. The van der Waals surface area contributed by atoms with Gasteiger partial charge in [0.2, 0.25) is 5.91 Å². The van der Waals surface area contributed by atoms with Gasteiger partial charge in [0.25, 0.3) is 0 Å². The van der Waals surface area contributed by atoms with Crippen molar-refractivity contribution in [3.05, 3.63) is 71.8 Å². The third-order valence-electron chi connectivity index (χ3n) is 7.13. The smallest absolute Gasteiger partial charge is 0.232 e. The van der Waals surface area contributed by atoms with Crippen molar-refractivity contribution in [2.75, 3.05) is 33.2 Å². The molecule has 174 valence electrons. The molecule has 0 aromatic heterocycles. The van der Waals surface area contributed by atoms with Gasteiger partial charge < -0.3 is 16.0 Å². The molecule has 3 N–H and O–H groups in total. The zero-order chi connectivity index (χ0) is 22.7. The second-order valence-electron chi connectivity index (χ2n) is 9.27. The second kappa shape index (κ2) is 12.8. The predicted molar refractivity (Wildman–Crippen MR) is 134 cm³/mol. The number of rotatable bonds is 14. The number of carbonyl (C=O) groups is 1. The molecular formula is C28H41N3O. The van der Waals surface area contributed by atoms with Gasteiger partial charge in [-0.1, -0.05) is 92.8 Å². The molecule has 4 nitrogen and oxygen atoms in total. The van der Waals surface area contributed by atoms with Crippen LogP contribution in [0.3, 0.4) is 0 Å². The Hall–Kier alpha value is -2.17. The summed E-state index contributed by atoms with van der Waals surface area (Å²) in [5.41, 5.74) is 7.46. The Bertz CT molecular complexity index is 753. The lowest BCUT2D eigenvalue weighted by Gasteiger charge is -2.37. The van der Waals surface area contributed by atoms with Gasteiger partial charge in [0.15, 0.2) is 0 Å². The zero-order valence-corrected chi connectivity index (χ0v) is 19.8. The number of benzene rings is 2. The molecule has 0 aliphatic carbocycles. The number of nitrogens with zero attached hydrogens (tertiary/aromatic N) is 1. The van der Waals surface area contributed by atoms with Gasteiger partial charge in [-0.05, 0) is 63.0 Å². The van der Waals surface area contributed by atoms with E-state index in [0.717, 1.165) is 43.7 Å². The monoisotopic (exact) mass is 435 g/mol. The van der Waals surface area contributed by atoms with Gasteiger partial charge >= 0.3 is 0 Å². The number of amides is 1. The molecule has 0 saturated carbocycles. The number of carbonyl (C=O) groups excluding carboxylic acids is 1. The first-order valence-corrected chi connectivity index (χ1v) is 12.5. The molecule has 0 radical (unpaired) electrons. The first-order chi connectivity index (χ1) is 15.7.